The summed E-state index contributed by atoms with van der Waals surface area (Å²) in [7, 11) is 2.02. The van der Waals surface area contributed by atoms with Gasteiger partial charge >= 0.3 is 0 Å². The third-order valence-electron chi connectivity index (χ3n) is 27.9. The van der Waals surface area contributed by atoms with Crippen molar-refractivity contribution >= 4 is 27.6 Å². The highest BCUT2D eigenvalue weighted by Crippen LogP contribution is 2.71. The fourth-order valence-corrected chi connectivity index (χ4v) is 23.1. The predicted molar refractivity (Wildman–Crippen MR) is 424 cm³/mol. The Bertz CT molecular complexity index is 6290. The second kappa shape index (κ2) is 23.2. The minimum Gasteiger partial charge on any atom is -0.207 e. The van der Waals surface area contributed by atoms with E-state index in [1.807, 2.05) is 55.7 Å². The molecule has 0 N–H and O–H groups in total. The van der Waals surface area contributed by atoms with Gasteiger partial charge in [-0.1, -0.05) is 199 Å². The van der Waals surface area contributed by atoms with Gasteiger partial charge in [-0.05, 0) is 164 Å². The van der Waals surface area contributed by atoms with E-state index in [0.717, 1.165) is 92.7 Å². The summed E-state index contributed by atoms with van der Waals surface area (Å²) in [6.45, 7) is 15.8. The number of nitriles is 1. The van der Waals surface area contributed by atoms with Crippen molar-refractivity contribution in [3.8, 4) is 84.5 Å². The van der Waals surface area contributed by atoms with Crippen LogP contribution in [0.4, 0.5) is 13.2 Å². The molecule has 3 aliphatic carbocycles. The summed E-state index contributed by atoms with van der Waals surface area (Å²) in [5.41, 5.74) is 20.7. The van der Waals surface area contributed by atoms with E-state index in [4.69, 9.17) is 0 Å². The second-order valence-electron chi connectivity index (χ2n) is 32.0. The molecule has 5 unspecified atom stereocenters. The van der Waals surface area contributed by atoms with Crippen LogP contribution in [0.5, 0.6) is 0 Å². The van der Waals surface area contributed by atoms with Crippen LogP contribution in [-0.2, 0) is 45.3 Å². The van der Waals surface area contributed by atoms with E-state index in [1.54, 1.807) is 18.2 Å². The van der Waals surface area contributed by atoms with E-state index in [0.29, 0.717) is 24.0 Å². The number of fused-ring (bicyclic) bond motifs is 17. The lowest BCUT2D eigenvalue weighted by Gasteiger charge is -2.51. The molecule has 1 spiro atoms. The Labute approximate surface area is 629 Å². The van der Waals surface area contributed by atoms with Crippen molar-refractivity contribution in [3.63, 3.8) is 0 Å². The highest BCUT2D eigenvalue weighted by atomic mass is 19.1. The van der Waals surface area contributed by atoms with Gasteiger partial charge in [0.1, 0.15) is 36.0 Å². The third kappa shape index (κ3) is 8.06. The summed E-state index contributed by atoms with van der Waals surface area (Å²) in [6, 6.07) is 88.3. The number of aryl methyl sites for hydroxylation is 1. The van der Waals surface area contributed by atoms with Gasteiger partial charge in [-0.3, -0.25) is 0 Å². The average Bonchev–Trinajstić information content (AvgIpc) is 1.41. The number of aromatic nitrogens is 4. The number of hydrogen-bond donors (Lipinski definition) is 0. The molecule has 108 heavy (non-hydrogen) atoms. The molecule has 0 saturated heterocycles. The van der Waals surface area contributed by atoms with E-state index in [-0.39, 0.29) is 22.7 Å². The Hall–Kier alpha value is -11.7. The molecule has 20 rings (SSSR count). The average molecular weight is 1410 g/mol. The smallest absolute Gasteiger partial charge is 0.207 e. The molecule has 4 aromatic heterocycles. The van der Waals surface area contributed by atoms with Crippen LogP contribution in [0, 0.1) is 28.8 Å². The lowest BCUT2D eigenvalue weighted by molar-refractivity contribution is -0.792. The monoisotopic (exact) mass is 1410 g/mol. The Morgan fingerprint density at radius 1 is 0.444 bits per heavy atom. The number of hydrogen-bond acceptors (Lipinski definition) is 1. The van der Waals surface area contributed by atoms with E-state index in [9.17, 15) is 5.26 Å². The lowest BCUT2D eigenvalue weighted by Crippen LogP contribution is -2.76. The van der Waals surface area contributed by atoms with Crippen LogP contribution >= 0.6 is 0 Å². The zero-order valence-corrected chi connectivity index (χ0v) is 62.2. The number of pyridine rings is 4. The van der Waals surface area contributed by atoms with Crippen LogP contribution in [0.15, 0.2) is 274 Å². The number of halogens is 3. The molecule has 6 aliphatic rings. The molecule has 1 saturated carbocycles. The maximum atomic E-state index is 17.8. The first-order valence-electron chi connectivity index (χ1n) is 38.6. The molecular formula is C100H82F3N5+4. The molecule has 0 radical (unpaired) electrons. The maximum Gasteiger partial charge on any atom is 0.221 e. The van der Waals surface area contributed by atoms with E-state index < -0.39 is 38.6 Å². The van der Waals surface area contributed by atoms with Gasteiger partial charge < -0.3 is 0 Å². The normalized spacial score (nSPS) is 21.5. The number of benzene rings is 10. The van der Waals surface area contributed by atoms with Crippen molar-refractivity contribution in [1.29, 1.82) is 5.26 Å². The molecule has 0 bridgehead atoms. The summed E-state index contributed by atoms with van der Waals surface area (Å²) in [5, 5.41) is 14.9. The predicted octanol–water partition coefficient (Wildman–Crippen LogP) is 21.8. The van der Waals surface area contributed by atoms with Gasteiger partial charge in [0.25, 0.3) is 0 Å². The maximum absolute atomic E-state index is 17.8. The Kier molecular flexibility index (Phi) is 14.1. The van der Waals surface area contributed by atoms with Crippen LogP contribution < -0.4 is 18.3 Å². The highest BCUT2D eigenvalue weighted by molar-refractivity contribution is 6.02. The zero-order valence-electron chi connectivity index (χ0n) is 62.2. The molecule has 7 heterocycles. The minimum absolute atomic E-state index is 0.0140. The lowest BCUT2D eigenvalue weighted by atomic mass is 9.51. The first kappa shape index (κ1) is 65.8. The van der Waals surface area contributed by atoms with Crippen molar-refractivity contribution in [2.75, 3.05) is 0 Å². The summed E-state index contributed by atoms with van der Waals surface area (Å²) in [4.78, 5) is 0. The molecule has 5 atom stereocenters. The van der Waals surface area contributed by atoms with Crippen LogP contribution in [0.1, 0.15) is 148 Å². The van der Waals surface area contributed by atoms with E-state index in [1.165, 1.54) is 77.4 Å². The zero-order chi connectivity index (χ0) is 73.8. The Morgan fingerprint density at radius 3 is 1.81 bits per heavy atom. The largest absolute Gasteiger partial charge is 0.221 e. The van der Waals surface area contributed by atoms with Gasteiger partial charge in [-0.2, -0.15) is 19.0 Å². The molecule has 0 amide bonds. The van der Waals surface area contributed by atoms with Gasteiger partial charge in [0, 0.05) is 84.2 Å². The number of rotatable bonds is 11. The summed E-state index contributed by atoms with van der Waals surface area (Å²) < 4.78 is 60.9. The van der Waals surface area contributed by atoms with Crippen LogP contribution in [0.25, 0.3) is 106 Å². The Balaban J connectivity index is 0.716. The highest BCUT2D eigenvalue weighted by Gasteiger charge is 2.82. The summed E-state index contributed by atoms with van der Waals surface area (Å²) in [5.74, 6) is -1.02. The molecule has 3 aliphatic heterocycles. The molecule has 5 nitrogen and oxygen atoms in total. The molecule has 1 fully saturated rings. The summed E-state index contributed by atoms with van der Waals surface area (Å²) >= 11 is 0. The van der Waals surface area contributed by atoms with Gasteiger partial charge in [-0.15, -0.1) is 0 Å². The van der Waals surface area contributed by atoms with Crippen molar-refractivity contribution in [2.45, 2.75) is 125 Å². The van der Waals surface area contributed by atoms with Crippen molar-refractivity contribution in [3.05, 3.63) is 352 Å². The van der Waals surface area contributed by atoms with Gasteiger partial charge in [-0.25, -0.2) is 17.7 Å². The molecule has 10 aromatic carbocycles. The fourth-order valence-electron chi connectivity index (χ4n) is 23.1. The number of nitrogens with zero attached hydrogens (tertiary/aromatic N) is 5. The number of allylic oxidation sites excluding steroid dienone is 1. The van der Waals surface area contributed by atoms with E-state index >= 15 is 13.2 Å². The SMILES string of the molecule is CCC1(C)c2cc(F)c(C#N)cc2-c2cccc[n+]2C1(C=Cc1cc(F)c(-c2ccc(C3(c4ccc(-c5ccc6c(c5)-c5c7ccccc7cc[n+]5C65CCC6(CC)[n+]7ccc8cccc9c8c7-c7c(ccc(F)c7C9(C)C)C65CC)cc4)c4ccccc4-c4ccccc43)cc2)cc1-c1cccc[n+]1C)CC. The van der Waals surface area contributed by atoms with Gasteiger partial charge in [0.05, 0.1) is 49.4 Å². The molecular weight excluding hydrogens is 1330 g/mol. The third-order valence-corrected chi connectivity index (χ3v) is 27.9. The van der Waals surface area contributed by atoms with Crippen molar-refractivity contribution in [1.82, 2.24) is 0 Å². The first-order valence-corrected chi connectivity index (χ1v) is 38.6. The van der Waals surface area contributed by atoms with E-state index in [2.05, 4.69) is 286 Å². The van der Waals surface area contributed by atoms with Crippen molar-refractivity contribution < 1.29 is 31.4 Å². The van der Waals surface area contributed by atoms with Gasteiger partial charge in [0.15, 0.2) is 35.9 Å². The van der Waals surface area contributed by atoms with Crippen LogP contribution in [0.3, 0.4) is 0 Å². The second-order valence-corrected chi connectivity index (χ2v) is 32.0. The topological polar surface area (TPSA) is 39.3 Å². The quantitative estimate of drug-likeness (QED) is 0.119. The molecule has 524 valence electrons. The fraction of sp³-hybridized carbons (Fsp3) is 0.210. The standard InChI is InChI=1S/C100H82F3N5/c1-9-95(7)83-60-85(102)68(61-104)57-76(83)88-33-20-22-53-106(88)96(95,10-2)49-46-67-58-86(103)74(59-75(67)87-32-19-21-52-105(87)8)64-36-41-70(42-37-64)100(79-29-17-15-27-72(79)73-28-16-18-30-80(73)100)69-39-34-62(35-40-69)66-38-43-78-77(56-66)92-71-26-14-13-24-63(71)47-55-108(92)99(78)51-50-97(11-3)98(99,12-4)82-44-45-84(101)91-90(82)93-89-65(48-54-107(93)97)25-23-31-81(89)94(91,5)6/h13-49,52-60H,9-12,50-51H2,1-8H3/q+4. The molecule has 8 heteroatoms. The van der Waals surface area contributed by atoms with Gasteiger partial charge in [0.2, 0.25) is 28.3 Å². The first-order chi connectivity index (χ1) is 52.5. The minimum atomic E-state index is -0.747. The van der Waals surface area contributed by atoms with Crippen LogP contribution in [0.2, 0.25) is 0 Å². The molecule has 14 aromatic rings. The van der Waals surface area contributed by atoms with Crippen molar-refractivity contribution in [2.24, 2.45) is 7.05 Å². The summed E-state index contributed by atoms with van der Waals surface area (Å²) in [6.07, 6.45) is 18.1. The van der Waals surface area contributed by atoms with Crippen LogP contribution in [-0.4, -0.2) is 0 Å². The Morgan fingerprint density at radius 2 is 1.09 bits per heavy atom.